The Morgan fingerprint density at radius 3 is 2.77 bits per heavy atom. The van der Waals surface area contributed by atoms with Gasteiger partial charge < -0.3 is 20.5 Å². The van der Waals surface area contributed by atoms with E-state index in [0.29, 0.717) is 6.54 Å². The number of hydrogen-bond donors (Lipinski definition) is 3. The van der Waals surface area contributed by atoms with E-state index in [0.717, 1.165) is 31.2 Å². The van der Waals surface area contributed by atoms with E-state index >= 15 is 0 Å². The van der Waals surface area contributed by atoms with Gasteiger partial charge in [0.1, 0.15) is 6.61 Å². The highest BCUT2D eigenvalue weighted by atomic mass is 16.5. The van der Waals surface area contributed by atoms with E-state index in [4.69, 9.17) is 4.74 Å². The van der Waals surface area contributed by atoms with Gasteiger partial charge in [-0.3, -0.25) is 14.6 Å². The first-order valence-electron chi connectivity index (χ1n) is 11.4. The number of aliphatic hydroxyl groups excluding tert-OH is 1. The zero-order valence-electron chi connectivity index (χ0n) is 19.1. The van der Waals surface area contributed by atoms with Crippen molar-refractivity contribution in [3.63, 3.8) is 0 Å². The molecule has 0 saturated heterocycles. The summed E-state index contributed by atoms with van der Waals surface area (Å²) in [5, 5.41) is 17.5. The zero-order valence-corrected chi connectivity index (χ0v) is 19.1. The first-order chi connectivity index (χ1) is 14.8. The highest BCUT2D eigenvalue weighted by Gasteiger charge is 2.53. The maximum atomic E-state index is 12.9. The SMILES string of the molecule is COCC(=O)N[C@H]1CC[C@]2(C)CCC([C@H](C)C(=O)NCc3cccnc3)[C@H](O)[C@H]2[C@@H]1C. The van der Waals surface area contributed by atoms with Crippen molar-refractivity contribution in [3.8, 4) is 0 Å². The number of carbonyl (C=O) groups excluding carboxylic acids is 2. The third-order valence-electron chi connectivity index (χ3n) is 7.75. The second-order valence-corrected chi connectivity index (χ2v) is 9.75. The Morgan fingerprint density at radius 2 is 2.10 bits per heavy atom. The van der Waals surface area contributed by atoms with Crippen LogP contribution in [0.1, 0.15) is 52.0 Å². The molecule has 2 aliphatic rings. The minimum Gasteiger partial charge on any atom is -0.392 e. The molecule has 1 aromatic heterocycles. The van der Waals surface area contributed by atoms with Gasteiger partial charge in [-0.1, -0.05) is 26.8 Å². The van der Waals surface area contributed by atoms with Crippen LogP contribution in [0.15, 0.2) is 24.5 Å². The lowest BCUT2D eigenvalue weighted by molar-refractivity contribution is -0.144. The molecule has 1 heterocycles. The molecule has 7 nitrogen and oxygen atoms in total. The molecule has 0 spiro atoms. The van der Waals surface area contributed by atoms with Crippen LogP contribution in [-0.4, -0.2) is 47.8 Å². The van der Waals surface area contributed by atoms with Crippen molar-refractivity contribution in [3.05, 3.63) is 30.1 Å². The molecule has 2 aliphatic carbocycles. The van der Waals surface area contributed by atoms with Gasteiger partial charge in [0.25, 0.3) is 0 Å². The van der Waals surface area contributed by atoms with Crippen LogP contribution in [0, 0.1) is 29.1 Å². The monoisotopic (exact) mass is 431 g/mol. The summed E-state index contributed by atoms with van der Waals surface area (Å²) in [5.41, 5.74) is 0.986. The van der Waals surface area contributed by atoms with E-state index in [9.17, 15) is 14.7 Å². The van der Waals surface area contributed by atoms with Gasteiger partial charge in [0.15, 0.2) is 0 Å². The van der Waals surface area contributed by atoms with Crippen LogP contribution in [0.5, 0.6) is 0 Å². The third kappa shape index (κ3) is 5.26. The summed E-state index contributed by atoms with van der Waals surface area (Å²) in [6.07, 6.45) is 6.57. The van der Waals surface area contributed by atoms with E-state index in [1.54, 1.807) is 12.4 Å². The second-order valence-electron chi connectivity index (χ2n) is 9.75. The molecule has 172 valence electrons. The molecule has 0 radical (unpaired) electrons. The first-order valence-corrected chi connectivity index (χ1v) is 11.4. The number of amides is 2. The molecule has 7 heteroatoms. The van der Waals surface area contributed by atoms with Crippen molar-refractivity contribution in [2.75, 3.05) is 13.7 Å². The fourth-order valence-corrected chi connectivity index (χ4v) is 5.92. The van der Waals surface area contributed by atoms with Crippen LogP contribution in [0.2, 0.25) is 0 Å². The molecular formula is C24H37N3O4. The number of rotatable bonds is 7. The lowest BCUT2D eigenvalue weighted by Gasteiger charge is -2.56. The topological polar surface area (TPSA) is 101 Å². The van der Waals surface area contributed by atoms with Crippen LogP contribution >= 0.6 is 0 Å². The van der Waals surface area contributed by atoms with E-state index in [1.165, 1.54) is 7.11 Å². The van der Waals surface area contributed by atoms with E-state index in [2.05, 4.69) is 29.5 Å². The van der Waals surface area contributed by atoms with Gasteiger partial charge in [-0.2, -0.15) is 0 Å². The molecule has 1 unspecified atom stereocenters. The number of hydrogen-bond acceptors (Lipinski definition) is 5. The van der Waals surface area contributed by atoms with Gasteiger partial charge in [0.2, 0.25) is 11.8 Å². The summed E-state index contributed by atoms with van der Waals surface area (Å²) in [7, 11) is 1.51. The molecule has 0 bridgehead atoms. The summed E-state index contributed by atoms with van der Waals surface area (Å²) in [6, 6.07) is 3.80. The van der Waals surface area contributed by atoms with Crippen LogP contribution < -0.4 is 10.6 Å². The van der Waals surface area contributed by atoms with E-state index < -0.39 is 6.10 Å². The standard InChI is InChI=1S/C24H37N3O4/c1-15(23(30)26-13-17-6-5-11-25-12-17)18-7-9-24(3)10-8-19(27-20(28)14-31-4)16(2)21(24)22(18)29/h5-6,11-12,15-16,18-19,21-22,29H,7-10,13-14H2,1-4H3,(H,26,30)(H,27,28)/t15-,16+,18?,19-,21+,22-,24-/m0/s1. The Labute approximate surface area is 185 Å². The minimum atomic E-state index is -0.574. The lowest BCUT2D eigenvalue weighted by atomic mass is 9.51. The number of aromatic nitrogens is 1. The Hall–Kier alpha value is -1.99. The second kappa shape index (κ2) is 10.1. The van der Waals surface area contributed by atoms with Crippen LogP contribution in [0.25, 0.3) is 0 Å². The number of methoxy groups -OCH3 is 1. The smallest absolute Gasteiger partial charge is 0.246 e. The largest absolute Gasteiger partial charge is 0.392 e. The van der Waals surface area contributed by atoms with Crippen LogP contribution in [0.3, 0.4) is 0 Å². The average Bonchev–Trinajstić information content (AvgIpc) is 2.75. The van der Waals surface area contributed by atoms with Crippen molar-refractivity contribution in [2.24, 2.45) is 29.1 Å². The molecule has 3 rings (SSSR count). The molecule has 2 fully saturated rings. The summed E-state index contributed by atoms with van der Waals surface area (Å²) < 4.78 is 4.95. The van der Waals surface area contributed by atoms with Gasteiger partial charge in [0.05, 0.1) is 6.10 Å². The molecule has 3 N–H and O–H groups in total. The summed E-state index contributed by atoms with van der Waals surface area (Å²) in [4.78, 5) is 29.0. The van der Waals surface area contributed by atoms with Crippen molar-refractivity contribution in [2.45, 2.75) is 65.1 Å². The summed E-state index contributed by atoms with van der Waals surface area (Å²) >= 11 is 0. The normalized spacial score (nSPS) is 33.8. The number of carbonyl (C=O) groups is 2. The predicted octanol–water partition coefficient (Wildman–Crippen LogP) is 2.29. The maximum Gasteiger partial charge on any atom is 0.246 e. The van der Waals surface area contributed by atoms with Crippen molar-refractivity contribution < 1.29 is 19.4 Å². The number of nitrogens with zero attached hydrogens (tertiary/aromatic N) is 1. The minimum absolute atomic E-state index is 0.0174. The molecular weight excluding hydrogens is 394 g/mol. The first kappa shape index (κ1) is 23.7. The molecule has 0 aliphatic heterocycles. The van der Waals surface area contributed by atoms with Crippen molar-refractivity contribution in [1.29, 1.82) is 0 Å². The van der Waals surface area contributed by atoms with Gasteiger partial charge in [-0.15, -0.1) is 0 Å². The Kier molecular flexibility index (Phi) is 7.70. The van der Waals surface area contributed by atoms with E-state index in [1.807, 2.05) is 19.1 Å². The van der Waals surface area contributed by atoms with Gasteiger partial charge in [0, 0.05) is 38.0 Å². The van der Waals surface area contributed by atoms with E-state index in [-0.39, 0.29) is 53.5 Å². The number of nitrogens with one attached hydrogen (secondary N) is 2. The molecule has 2 saturated carbocycles. The third-order valence-corrected chi connectivity index (χ3v) is 7.75. The number of fused-ring (bicyclic) bond motifs is 1. The van der Waals surface area contributed by atoms with Crippen LogP contribution in [-0.2, 0) is 20.9 Å². The average molecular weight is 432 g/mol. The van der Waals surface area contributed by atoms with Gasteiger partial charge >= 0.3 is 0 Å². The van der Waals surface area contributed by atoms with Gasteiger partial charge in [-0.05, 0) is 60.5 Å². The number of aliphatic hydroxyl groups is 1. The lowest BCUT2D eigenvalue weighted by Crippen LogP contribution is -2.58. The van der Waals surface area contributed by atoms with Crippen LogP contribution in [0.4, 0.5) is 0 Å². The molecule has 0 aromatic carbocycles. The Balaban J connectivity index is 1.66. The number of pyridine rings is 1. The molecule has 2 amide bonds. The van der Waals surface area contributed by atoms with Crippen molar-refractivity contribution in [1.82, 2.24) is 15.6 Å². The molecule has 31 heavy (non-hydrogen) atoms. The highest BCUT2D eigenvalue weighted by Crippen LogP contribution is 2.55. The zero-order chi connectivity index (χ0) is 22.6. The Morgan fingerprint density at radius 1 is 1.35 bits per heavy atom. The number of ether oxygens (including phenoxy) is 1. The maximum absolute atomic E-state index is 12.9. The predicted molar refractivity (Wildman–Crippen MR) is 118 cm³/mol. The van der Waals surface area contributed by atoms with Crippen molar-refractivity contribution >= 4 is 11.8 Å². The van der Waals surface area contributed by atoms with Gasteiger partial charge in [-0.25, -0.2) is 0 Å². The highest BCUT2D eigenvalue weighted by molar-refractivity contribution is 5.78. The summed E-state index contributed by atoms with van der Waals surface area (Å²) in [5.74, 6) is -0.364. The Bertz CT molecular complexity index is 758. The molecule has 1 aromatic rings. The fraction of sp³-hybridized carbons (Fsp3) is 0.708. The summed E-state index contributed by atoms with van der Waals surface area (Å²) in [6.45, 7) is 6.78. The quantitative estimate of drug-likeness (QED) is 0.615. The molecule has 7 atom stereocenters. The fourth-order valence-electron chi connectivity index (χ4n) is 5.92.